The molecule has 4 nitrogen and oxygen atoms in total. The number of aldehydes is 1. The van der Waals surface area contributed by atoms with Gasteiger partial charge in [0.1, 0.15) is 18.2 Å². The van der Waals surface area contributed by atoms with Gasteiger partial charge in [0.15, 0.2) is 6.29 Å². The first kappa shape index (κ1) is 21.9. The lowest BCUT2D eigenvalue weighted by Gasteiger charge is -2.16. The Morgan fingerprint density at radius 2 is 2.00 bits per heavy atom. The van der Waals surface area contributed by atoms with Gasteiger partial charge in [0.05, 0.1) is 10.6 Å². The van der Waals surface area contributed by atoms with Crippen LogP contribution < -0.4 is 10.1 Å². The van der Waals surface area contributed by atoms with E-state index in [4.69, 9.17) is 16.3 Å². The summed E-state index contributed by atoms with van der Waals surface area (Å²) in [6.07, 6.45) is 2.85. The molecule has 0 saturated carbocycles. The monoisotopic (exact) mass is 426 g/mol. The molecule has 0 unspecified atom stereocenters. The summed E-state index contributed by atoms with van der Waals surface area (Å²) in [6, 6.07) is 10.6. The van der Waals surface area contributed by atoms with Crippen LogP contribution in [0.25, 0.3) is 11.1 Å². The van der Waals surface area contributed by atoms with Gasteiger partial charge in [0.25, 0.3) is 0 Å². The molecule has 0 aliphatic rings. The molecule has 0 fully saturated rings. The molecule has 0 atom stereocenters. The van der Waals surface area contributed by atoms with Crippen LogP contribution >= 0.6 is 11.6 Å². The molecule has 0 radical (unpaired) electrons. The number of carbonyl (C=O) groups excluding carboxylic acids is 1. The number of benzene rings is 2. The summed E-state index contributed by atoms with van der Waals surface area (Å²) in [4.78, 5) is 15.8. The van der Waals surface area contributed by atoms with Gasteiger partial charge in [-0.1, -0.05) is 29.8 Å². The van der Waals surface area contributed by atoms with Crippen LogP contribution in [0.2, 0.25) is 5.02 Å². The number of carbonyl (C=O) groups is 1. The summed E-state index contributed by atoms with van der Waals surface area (Å²) in [6.45, 7) is 4.80. The van der Waals surface area contributed by atoms with Gasteiger partial charge in [-0.25, -0.2) is 4.39 Å². The lowest BCUT2D eigenvalue weighted by atomic mass is 9.96. The Labute approximate surface area is 181 Å². The summed E-state index contributed by atoms with van der Waals surface area (Å²) in [7, 11) is 1.82. The average Bonchev–Trinajstić information content (AvgIpc) is 2.74. The highest BCUT2D eigenvalue weighted by Crippen LogP contribution is 2.35. The van der Waals surface area contributed by atoms with Crippen LogP contribution in [0.4, 0.5) is 4.39 Å². The Morgan fingerprint density at radius 3 is 2.63 bits per heavy atom. The molecular formula is C24H24ClFN2O2. The van der Waals surface area contributed by atoms with Crippen LogP contribution in [0.5, 0.6) is 5.75 Å². The van der Waals surface area contributed by atoms with E-state index in [2.05, 4.69) is 10.3 Å². The fourth-order valence-electron chi connectivity index (χ4n) is 3.22. The van der Waals surface area contributed by atoms with E-state index < -0.39 is 0 Å². The van der Waals surface area contributed by atoms with Gasteiger partial charge in [-0.05, 0) is 62.2 Å². The molecule has 0 amide bonds. The van der Waals surface area contributed by atoms with Gasteiger partial charge in [0.2, 0.25) is 0 Å². The molecule has 3 rings (SSSR count). The van der Waals surface area contributed by atoms with E-state index >= 15 is 0 Å². The number of aromatic nitrogens is 1. The molecule has 0 saturated heterocycles. The molecule has 0 spiro atoms. The Balaban J connectivity index is 1.88. The number of pyridine rings is 1. The zero-order valence-electron chi connectivity index (χ0n) is 17.3. The van der Waals surface area contributed by atoms with Crippen molar-refractivity contribution < 1.29 is 13.9 Å². The summed E-state index contributed by atoms with van der Waals surface area (Å²) in [5.74, 6) is 0.0705. The summed E-state index contributed by atoms with van der Waals surface area (Å²) in [5.41, 5.74) is 4.96. The van der Waals surface area contributed by atoms with Crippen molar-refractivity contribution >= 4 is 17.9 Å². The zero-order chi connectivity index (χ0) is 21.7. The Morgan fingerprint density at radius 1 is 1.20 bits per heavy atom. The molecule has 1 N–H and O–H groups in total. The topological polar surface area (TPSA) is 51.2 Å². The third kappa shape index (κ3) is 4.86. The van der Waals surface area contributed by atoms with Crippen molar-refractivity contribution in [2.45, 2.75) is 20.3 Å². The Kier molecular flexibility index (Phi) is 7.19. The number of halogens is 2. The number of hydrogen-bond donors (Lipinski definition) is 1. The fraction of sp³-hybridized carbons (Fsp3) is 0.250. The first-order valence-electron chi connectivity index (χ1n) is 9.70. The summed E-state index contributed by atoms with van der Waals surface area (Å²) < 4.78 is 20.5. The molecule has 156 valence electrons. The van der Waals surface area contributed by atoms with Gasteiger partial charge in [-0.15, -0.1) is 0 Å². The number of ether oxygens (including phenoxy) is 1. The molecule has 1 heterocycles. The standard InChI is InChI=1S/C24H24ClFN2O2/c1-15-4-6-18(13-28-15)21-7-5-17(11-22(21)26)10-19-12-20(14-29)24(23(25)16(19)2)30-9-8-27-3/h4-7,11-14,27H,8-10H2,1-3H3. The maximum Gasteiger partial charge on any atom is 0.153 e. The van der Waals surface area contributed by atoms with Crippen molar-refractivity contribution in [3.8, 4) is 16.9 Å². The molecule has 2 aromatic carbocycles. The van der Waals surface area contributed by atoms with Crippen molar-refractivity contribution in [3.63, 3.8) is 0 Å². The second-order valence-electron chi connectivity index (χ2n) is 7.14. The van der Waals surface area contributed by atoms with E-state index in [0.29, 0.717) is 41.5 Å². The van der Waals surface area contributed by atoms with E-state index in [9.17, 15) is 9.18 Å². The fourth-order valence-corrected chi connectivity index (χ4v) is 3.51. The number of likely N-dealkylation sites (N-methyl/N-ethyl adjacent to an activating group) is 1. The number of aryl methyl sites for hydroxylation is 1. The molecule has 0 aliphatic carbocycles. The molecule has 1 aromatic heterocycles. The number of nitrogens with zero attached hydrogens (tertiary/aromatic N) is 1. The van der Waals surface area contributed by atoms with Gasteiger partial charge >= 0.3 is 0 Å². The predicted octanol–water partition coefficient (Wildman–Crippen LogP) is 5.16. The first-order valence-corrected chi connectivity index (χ1v) is 10.1. The van der Waals surface area contributed by atoms with Gasteiger partial charge in [0, 0.05) is 29.6 Å². The Hall–Kier alpha value is -2.76. The largest absolute Gasteiger partial charge is 0.490 e. The molecule has 3 aromatic rings. The van der Waals surface area contributed by atoms with Crippen LogP contribution in [0.15, 0.2) is 42.6 Å². The maximum atomic E-state index is 14.8. The number of hydrogen-bond acceptors (Lipinski definition) is 4. The quantitative estimate of drug-likeness (QED) is 0.399. The van der Waals surface area contributed by atoms with Crippen molar-refractivity contribution in [1.29, 1.82) is 0 Å². The smallest absolute Gasteiger partial charge is 0.153 e. The second-order valence-corrected chi connectivity index (χ2v) is 7.52. The van der Waals surface area contributed by atoms with E-state index in [-0.39, 0.29) is 5.82 Å². The zero-order valence-corrected chi connectivity index (χ0v) is 18.0. The van der Waals surface area contributed by atoms with Gasteiger partial charge < -0.3 is 10.1 Å². The minimum atomic E-state index is -0.315. The highest BCUT2D eigenvalue weighted by Gasteiger charge is 2.16. The first-order chi connectivity index (χ1) is 14.4. The van der Waals surface area contributed by atoms with Gasteiger partial charge in [-0.3, -0.25) is 9.78 Å². The van der Waals surface area contributed by atoms with E-state index in [1.54, 1.807) is 18.3 Å². The van der Waals surface area contributed by atoms with Gasteiger partial charge in [-0.2, -0.15) is 0 Å². The van der Waals surface area contributed by atoms with Crippen LogP contribution in [0, 0.1) is 19.7 Å². The van der Waals surface area contributed by atoms with E-state index in [1.807, 2.05) is 39.1 Å². The molecule has 30 heavy (non-hydrogen) atoms. The van der Waals surface area contributed by atoms with Crippen LogP contribution in [-0.4, -0.2) is 31.5 Å². The Bertz CT molecular complexity index is 1050. The SMILES string of the molecule is CNCCOc1c(C=O)cc(Cc2ccc(-c3ccc(C)nc3)c(F)c2)c(C)c1Cl. The van der Waals surface area contributed by atoms with Crippen molar-refractivity contribution in [3.05, 3.63) is 81.4 Å². The normalized spacial score (nSPS) is 10.8. The third-order valence-corrected chi connectivity index (χ3v) is 5.43. The maximum absolute atomic E-state index is 14.8. The highest BCUT2D eigenvalue weighted by atomic mass is 35.5. The molecule has 0 aliphatic heterocycles. The predicted molar refractivity (Wildman–Crippen MR) is 118 cm³/mol. The van der Waals surface area contributed by atoms with Crippen molar-refractivity contribution in [2.75, 3.05) is 20.2 Å². The van der Waals surface area contributed by atoms with E-state index in [1.165, 1.54) is 6.07 Å². The van der Waals surface area contributed by atoms with Crippen LogP contribution in [0.1, 0.15) is 32.7 Å². The number of nitrogens with one attached hydrogen (secondary N) is 1. The summed E-state index contributed by atoms with van der Waals surface area (Å²) in [5, 5.41) is 3.39. The van der Waals surface area contributed by atoms with Crippen molar-refractivity contribution in [1.82, 2.24) is 10.3 Å². The van der Waals surface area contributed by atoms with Crippen LogP contribution in [0.3, 0.4) is 0 Å². The molecule has 6 heteroatoms. The van der Waals surface area contributed by atoms with E-state index in [0.717, 1.165) is 34.2 Å². The summed E-state index contributed by atoms with van der Waals surface area (Å²) >= 11 is 6.49. The highest BCUT2D eigenvalue weighted by molar-refractivity contribution is 6.33. The minimum absolute atomic E-state index is 0.315. The lowest BCUT2D eigenvalue weighted by molar-refractivity contribution is 0.111. The molecular weight excluding hydrogens is 403 g/mol. The molecule has 0 bridgehead atoms. The minimum Gasteiger partial charge on any atom is -0.490 e. The number of rotatable bonds is 8. The van der Waals surface area contributed by atoms with Crippen molar-refractivity contribution in [2.24, 2.45) is 0 Å². The average molecular weight is 427 g/mol. The third-order valence-electron chi connectivity index (χ3n) is 4.98. The lowest BCUT2D eigenvalue weighted by Crippen LogP contribution is -2.17. The second kappa shape index (κ2) is 9.83. The van der Waals surface area contributed by atoms with Crippen LogP contribution in [-0.2, 0) is 6.42 Å².